The number of cyclic esters (lactones) is 1. The van der Waals surface area contributed by atoms with E-state index in [2.05, 4.69) is 13.8 Å². The second kappa shape index (κ2) is 17.5. The Kier molecular flexibility index (Phi) is 13.1. The Balaban J connectivity index is 0.854. The van der Waals surface area contributed by atoms with E-state index in [1.807, 2.05) is 6.92 Å². The average molecular weight is 869 g/mol. The van der Waals surface area contributed by atoms with Crippen molar-refractivity contribution in [1.29, 1.82) is 0 Å². The van der Waals surface area contributed by atoms with E-state index in [9.17, 15) is 40.2 Å². The summed E-state index contributed by atoms with van der Waals surface area (Å²) in [5, 5.41) is 64.8. The second-order valence-corrected chi connectivity index (χ2v) is 19.8. The van der Waals surface area contributed by atoms with Crippen molar-refractivity contribution in [3.05, 3.63) is 11.6 Å². The molecule has 17 nitrogen and oxygen atoms in total. The van der Waals surface area contributed by atoms with E-state index in [-0.39, 0.29) is 48.7 Å². The van der Waals surface area contributed by atoms with Crippen molar-refractivity contribution in [1.82, 2.24) is 0 Å². The number of aliphatic hydroxyl groups excluding tert-OH is 5. The summed E-state index contributed by atoms with van der Waals surface area (Å²) in [7, 11) is 1.50. The Morgan fingerprint density at radius 3 is 2.21 bits per heavy atom. The predicted octanol–water partition coefficient (Wildman–Crippen LogP) is 1.39. The van der Waals surface area contributed by atoms with Crippen molar-refractivity contribution in [3.63, 3.8) is 0 Å². The molecule has 3 saturated heterocycles. The van der Waals surface area contributed by atoms with Crippen LogP contribution in [0.15, 0.2) is 11.6 Å². The average Bonchev–Trinajstić information content (AvgIpc) is 3.72. The minimum Gasteiger partial charge on any atom is -0.462 e. The highest BCUT2D eigenvalue weighted by molar-refractivity contribution is 5.85. The van der Waals surface area contributed by atoms with Crippen molar-refractivity contribution in [2.45, 2.75) is 197 Å². The number of aliphatic hydroxyl groups is 6. The molecule has 61 heavy (non-hydrogen) atoms. The molecule has 0 aromatic rings. The molecule has 22 atom stereocenters. The van der Waals surface area contributed by atoms with Gasteiger partial charge in [-0.2, -0.15) is 0 Å². The van der Waals surface area contributed by atoms with E-state index in [1.54, 1.807) is 6.92 Å². The number of esters is 2. The molecule has 7 fully saturated rings. The highest BCUT2D eigenvalue weighted by Crippen LogP contribution is 2.70. The molecule has 4 saturated carbocycles. The molecule has 4 heterocycles. The topological polar surface area (TPSA) is 239 Å². The summed E-state index contributed by atoms with van der Waals surface area (Å²) in [6, 6.07) is 0. The highest BCUT2D eigenvalue weighted by Gasteiger charge is 2.71. The lowest BCUT2D eigenvalue weighted by molar-refractivity contribution is -0.353. The monoisotopic (exact) mass is 868 g/mol. The van der Waals surface area contributed by atoms with E-state index in [0.29, 0.717) is 12.3 Å². The van der Waals surface area contributed by atoms with Gasteiger partial charge in [0.15, 0.2) is 18.9 Å². The minimum absolute atomic E-state index is 0.0181. The van der Waals surface area contributed by atoms with Crippen LogP contribution in [0.3, 0.4) is 0 Å². The van der Waals surface area contributed by atoms with Crippen LogP contribution in [0.4, 0.5) is 0 Å². The maximum atomic E-state index is 12.9. The maximum Gasteiger partial charge on any atom is 0.331 e. The van der Waals surface area contributed by atoms with Crippen LogP contribution in [0.5, 0.6) is 0 Å². The molecule has 4 aliphatic heterocycles. The molecule has 346 valence electrons. The third-order valence-electron chi connectivity index (χ3n) is 16.6. The third kappa shape index (κ3) is 8.14. The first kappa shape index (κ1) is 45.7. The van der Waals surface area contributed by atoms with Gasteiger partial charge >= 0.3 is 11.9 Å². The lowest BCUT2D eigenvalue weighted by Crippen LogP contribution is -2.62. The first-order chi connectivity index (χ1) is 28.9. The van der Waals surface area contributed by atoms with Crippen LogP contribution < -0.4 is 0 Å². The molecule has 17 heteroatoms. The normalized spacial score (nSPS) is 52.4. The van der Waals surface area contributed by atoms with Gasteiger partial charge in [0.05, 0.1) is 42.7 Å². The number of hydrogen-bond acceptors (Lipinski definition) is 17. The Bertz CT molecular complexity index is 1620. The van der Waals surface area contributed by atoms with E-state index in [1.165, 1.54) is 20.1 Å². The summed E-state index contributed by atoms with van der Waals surface area (Å²) in [4.78, 5) is 24.5. The molecule has 0 aromatic heterocycles. The number of ether oxygens (including phenoxy) is 9. The van der Waals surface area contributed by atoms with Crippen molar-refractivity contribution >= 4 is 11.9 Å². The highest BCUT2D eigenvalue weighted by atomic mass is 16.7. The molecule has 0 radical (unpaired) electrons. The van der Waals surface area contributed by atoms with Gasteiger partial charge in [-0.15, -0.1) is 0 Å². The van der Waals surface area contributed by atoms with Crippen LogP contribution in [-0.2, 0) is 52.2 Å². The maximum absolute atomic E-state index is 12.9. The SMILES string of the molecule is COC1CC(OC2C(O)CC(OC3CCC4(C)C(CCC5C4CCC4(C)C(C6=CC(=O)OC6)C(OC(C)=O)CC54O)C3)OC2C)OC(C)C1OC1OC(CO)C(O)C(O)C1O. The van der Waals surface area contributed by atoms with Gasteiger partial charge in [0, 0.05) is 50.7 Å². The third-order valence-corrected chi connectivity index (χ3v) is 16.6. The second-order valence-electron chi connectivity index (χ2n) is 19.8. The van der Waals surface area contributed by atoms with Gasteiger partial charge in [-0.1, -0.05) is 13.8 Å². The first-order valence-corrected chi connectivity index (χ1v) is 22.5. The quantitative estimate of drug-likeness (QED) is 0.134. The molecule has 0 aromatic carbocycles. The van der Waals surface area contributed by atoms with Crippen LogP contribution >= 0.6 is 0 Å². The minimum atomic E-state index is -1.59. The van der Waals surface area contributed by atoms with Crippen molar-refractivity contribution < 1.29 is 82.9 Å². The van der Waals surface area contributed by atoms with Crippen molar-refractivity contribution in [2.75, 3.05) is 20.3 Å². The fourth-order valence-corrected chi connectivity index (χ4v) is 13.4. The standard InChI is InChI=1S/C44H68O17/c1-20-39(60-34-16-29(53-6)40(21(2)56-34)61-41-38(51)37(50)36(49)31(18-45)59-41)28(47)15-33(55-20)58-25-9-11-42(4)24(14-25)7-8-27-26(42)10-12-43(5)35(23-13-32(48)54-19-23)30(57-22(3)46)17-44(27,43)52/h13,20-21,24-31,33-41,45,47,49-52H,7-12,14-19H2,1-6H3. The summed E-state index contributed by atoms with van der Waals surface area (Å²) < 4.78 is 54.0. The Labute approximate surface area is 357 Å². The molecule has 8 aliphatic rings. The smallest absolute Gasteiger partial charge is 0.331 e. The lowest BCUT2D eigenvalue weighted by Gasteiger charge is -2.63. The van der Waals surface area contributed by atoms with Gasteiger partial charge < -0.3 is 73.3 Å². The summed E-state index contributed by atoms with van der Waals surface area (Å²) in [5.74, 6) is -0.394. The number of carbonyl (C=O) groups excluding carboxylic acids is 2. The van der Waals surface area contributed by atoms with E-state index in [4.69, 9.17) is 42.6 Å². The zero-order chi connectivity index (χ0) is 43.8. The Morgan fingerprint density at radius 1 is 0.836 bits per heavy atom. The summed E-state index contributed by atoms with van der Waals surface area (Å²) in [5.41, 5.74) is -0.851. The number of fused-ring (bicyclic) bond motifs is 5. The van der Waals surface area contributed by atoms with Gasteiger partial charge in [0.2, 0.25) is 0 Å². The molecule has 0 bridgehead atoms. The van der Waals surface area contributed by atoms with Gasteiger partial charge in [0.25, 0.3) is 0 Å². The van der Waals surface area contributed by atoms with Crippen LogP contribution in [-0.4, -0.2) is 161 Å². The molecular weight excluding hydrogens is 800 g/mol. The number of hydrogen-bond donors (Lipinski definition) is 6. The number of rotatable bonds is 10. The van der Waals surface area contributed by atoms with E-state index >= 15 is 0 Å². The molecule has 22 unspecified atom stereocenters. The molecular formula is C44H68O17. The van der Waals surface area contributed by atoms with E-state index < -0.39 is 116 Å². The van der Waals surface area contributed by atoms with Gasteiger partial charge in [0.1, 0.15) is 49.3 Å². The van der Waals surface area contributed by atoms with Crippen LogP contribution in [0.1, 0.15) is 98.8 Å². The predicted molar refractivity (Wildman–Crippen MR) is 210 cm³/mol. The molecule has 6 N–H and O–H groups in total. The van der Waals surface area contributed by atoms with Crippen molar-refractivity contribution in [3.8, 4) is 0 Å². The zero-order valence-corrected chi connectivity index (χ0v) is 36.2. The summed E-state index contributed by atoms with van der Waals surface area (Å²) in [6.07, 6.45) is -4.97. The Morgan fingerprint density at radius 2 is 1.56 bits per heavy atom. The molecule has 0 spiro atoms. The van der Waals surface area contributed by atoms with Crippen LogP contribution in [0.25, 0.3) is 0 Å². The van der Waals surface area contributed by atoms with Gasteiger partial charge in [-0.3, -0.25) is 4.79 Å². The van der Waals surface area contributed by atoms with E-state index in [0.717, 1.165) is 50.5 Å². The Hall–Kier alpha value is -1.84. The first-order valence-electron chi connectivity index (χ1n) is 22.5. The van der Waals surface area contributed by atoms with Crippen molar-refractivity contribution in [2.24, 2.45) is 34.5 Å². The fraction of sp³-hybridized carbons (Fsp3) is 0.909. The van der Waals surface area contributed by atoms with Crippen LogP contribution in [0, 0.1) is 34.5 Å². The molecule has 4 aliphatic carbocycles. The zero-order valence-electron chi connectivity index (χ0n) is 36.2. The molecule has 0 amide bonds. The van der Waals surface area contributed by atoms with Gasteiger partial charge in [-0.05, 0) is 87.5 Å². The van der Waals surface area contributed by atoms with Crippen LogP contribution in [0.2, 0.25) is 0 Å². The van der Waals surface area contributed by atoms with Gasteiger partial charge in [-0.25, -0.2) is 4.79 Å². The lowest BCUT2D eigenvalue weighted by atomic mass is 9.43. The number of methoxy groups -OCH3 is 1. The fourth-order valence-electron chi connectivity index (χ4n) is 13.4. The summed E-state index contributed by atoms with van der Waals surface area (Å²) >= 11 is 0. The largest absolute Gasteiger partial charge is 0.462 e. The number of carbonyl (C=O) groups is 2. The summed E-state index contributed by atoms with van der Waals surface area (Å²) in [6.45, 7) is 9.06. The molecule has 8 rings (SSSR count).